The highest BCUT2D eigenvalue weighted by Crippen LogP contribution is 2.28. The molecule has 3 rings (SSSR count). The molecule has 2 aliphatic rings. The van der Waals surface area contributed by atoms with E-state index in [0.717, 1.165) is 18.4 Å². The number of nitrogens with one attached hydrogen (secondary N) is 1. The molecular weight excluding hydrogens is 300 g/mol. The smallest absolute Gasteiger partial charge is 0.276 e. The molecule has 0 atom stereocenters. The minimum absolute atomic E-state index is 0.0372. The summed E-state index contributed by atoms with van der Waals surface area (Å²) in [6.45, 7) is 4.17. The number of nitrogens with zero attached hydrogens (tertiary/aromatic N) is 1. The van der Waals surface area contributed by atoms with Gasteiger partial charge in [-0.1, -0.05) is 19.3 Å². The predicted octanol–water partition coefficient (Wildman–Crippen LogP) is 3.76. The van der Waals surface area contributed by atoms with Crippen molar-refractivity contribution >= 4 is 40.7 Å². The van der Waals surface area contributed by atoms with Crippen LogP contribution in [0.1, 0.15) is 47.4 Å². The minimum Gasteiger partial charge on any atom is -0.328 e. The zero-order valence-corrected chi connectivity index (χ0v) is 14.1. The number of amides is 1. The first-order valence-electron chi connectivity index (χ1n) is 7.49. The van der Waals surface area contributed by atoms with E-state index in [2.05, 4.69) is 25.2 Å². The first-order valence-corrected chi connectivity index (χ1v) is 8.72. The van der Waals surface area contributed by atoms with E-state index >= 15 is 0 Å². The Morgan fingerprint density at radius 3 is 2.67 bits per heavy atom. The van der Waals surface area contributed by atoms with Crippen molar-refractivity contribution in [2.45, 2.75) is 52.0 Å². The van der Waals surface area contributed by atoms with Crippen LogP contribution in [0.5, 0.6) is 0 Å². The number of aryl methyl sites for hydroxylation is 2. The summed E-state index contributed by atoms with van der Waals surface area (Å²) in [6, 6.07) is 2.40. The van der Waals surface area contributed by atoms with E-state index in [9.17, 15) is 4.79 Å². The van der Waals surface area contributed by atoms with Gasteiger partial charge in [-0.05, 0) is 56.6 Å². The van der Waals surface area contributed by atoms with Crippen LogP contribution < -0.4 is 5.32 Å². The second-order valence-corrected chi connectivity index (χ2v) is 7.67. The van der Waals surface area contributed by atoms with E-state index < -0.39 is 0 Å². The number of hydrogen-bond acceptors (Lipinski definition) is 3. The van der Waals surface area contributed by atoms with Crippen molar-refractivity contribution in [3.05, 3.63) is 27.1 Å². The number of thiophene rings is 1. The second kappa shape index (κ2) is 5.89. The van der Waals surface area contributed by atoms with E-state index in [4.69, 9.17) is 12.2 Å². The molecule has 2 heterocycles. The van der Waals surface area contributed by atoms with E-state index in [0.29, 0.717) is 10.8 Å². The summed E-state index contributed by atoms with van der Waals surface area (Å²) in [5.74, 6) is 0.0372. The maximum atomic E-state index is 12.6. The minimum atomic E-state index is 0.0372. The molecule has 0 unspecified atom stereocenters. The first-order chi connectivity index (χ1) is 10.1. The number of hydrogen-bond donors (Lipinski definition) is 1. The van der Waals surface area contributed by atoms with Crippen LogP contribution >= 0.6 is 23.6 Å². The molecule has 112 valence electrons. The summed E-state index contributed by atoms with van der Waals surface area (Å²) in [5, 5.41) is 3.68. The highest BCUT2D eigenvalue weighted by atomic mass is 32.1. The van der Waals surface area contributed by atoms with Crippen molar-refractivity contribution in [2.24, 2.45) is 0 Å². The van der Waals surface area contributed by atoms with Crippen molar-refractivity contribution in [1.29, 1.82) is 0 Å². The molecule has 0 radical (unpaired) electrons. The summed E-state index contributed by atoms with van der Waals surface area (Å²) in [7, 11) is 0. The van der Waals surface area contributed by atoms with Crippen LogP contribution in [0.3, 0.4) is 0 Å². The quantitative estimate of drug-likeness (QED) is 0.665. The molecule has 1 aliphatic carbocycles. The van der Waals surface area contributed by atoms with E-state index in [1.54, 1.807) is 16.2 Å². The molecule has 1 amide bonds. The molecule has 1 aliphatic heterocycles. The van der Waals surface area contributed by atoms with E-state index in [1.807, 2.05) is 6.08 Å². The van der Waals surface area contributed by atoms with Gasteiger partial charge in [0.1, 0.15) is 5.70 Å². The van der Waals surface area contributed by atoms with Gasteiger partial charge in [-0.15, -0.1) is 11.3 Å². The standard InChI is InChI=1S/C16H20N2OS2/c1-10-8-12(11(2)21-10)9-14-15(19)18(16(20)17-14)13-6-4-3-5-7-13/h8-9,13H,3-7H2,1-2H3,(H,17,20)/b14-9+. The molecule has 1 aromatic rings. The van der Waals surface area contributed by atoms with Crippen LogP contribution in [0.15, 0.2) is 11.8 Å². The molecular formula is C16H20N2OS2. The highest BCUT2D eigenvalue weighted by molar-refractivity contribution is 7.80. The van der Waals surface area contributed by atoms with Crippen LogP contribution in [0.25, 0.3) is 6.08 Å². The molecule has 1 saturated carbocycles. The molecule has 1 aromatic heterocycles. The maximum Gasteiger partial charge on any atom is 0.276 e. The van der Waals surface area contributed by atoms with Gasteiger partial charge >= 0.3 is 0 Å². The van der Waals surface area contributed by atoms with Gasteiger partial charge in [-0.25, -0.2) is 0 Å². The normalized spacial score (nSPS) is 22.2. The average Bonchev–Trinajstić information content (AvgIpc) is 2.91. The third-order valence-corrected chi connectivity index (χ3v) is 5.51. The highest BCUT2D eigenvalue weighted by Gasteiger charge is 2.36. The molecule has 1 saturated heterocycles. The van der Waals surface area contributed by atoms with Gasteiger partial charge < -0.3 is 5.32 Å². The molecule has 2 fully saturated rings. The number of thiocarbonyl (C=S) groups is 1. The Morgan fingerprint density at radius 1 is 1.33 bits per heavy atom. The van der Waals surface area contributed by atoms with Crippen molar-refractivity contribution in [3.8, 4) is 0 Å². The molecule has 0 spiro atoms. The molecule has 21 heavy (non-hydrogen) atoms. The molecule has 1 N–H and O–H groups in total. The summed E-state index contributed by atoms with van der Waals surface area (Å²) in [5.41, 5.74) is 1.73. The lowest BCUT2D eigenvalue weighted by Gasteiger charge is -2.29. The van der Waals surface area contributed by atoms with Gasteiger partial charge in [0.2, 0.25) is 0 Å². The monoisotopic (exact) mass is 320 g/mol. The largest absolute Gasteiger partial charge is 0.328 e. The number of carbonyl (C=O) groups excluding carboxylic acids is 1. The number of rotatable bonds is 2. The number of carbonyl (C=O) groups is 1. The van der Waals surface area contributed by atoms with Crippen LogP contribution in [0, 0.1) is 13.8 Å². The fourth-order valence-electron chi connectivity index (χ4n) is 3.17. The summed E-state index contributed by atoms with van der Waals surface area (Å²) >= 11 is 7.14. The SMILES string of the molecule is Cc1cc(/C=C2/NC(=S)N(C3CCCCC3)C2=O)c(C)s1. The Kier molecular flexibility index (Phi) is 4.13. The Hall–Kier alpha value is -1.20. The molecule has 0 aromatic carbocycles. The van der Waals surface area contributed by atoms with E-state index in [-0.39, 0.29) is 11.9 Å². The Labute approximate surface area is 135 Å². The fourth-order valence-corrected chi connectivity index (χ4v) is 4.42. The lowest BCUT2D eigenvalue weighted by molar-refractivity contribution is -0.124. The first kappa shape index (κ1) is 14.7. The zero-order chi connectivity index (χ0) is 15.0. The molecule has 5 heteroatoms. The van der Waals surface area contributed by atoms with Gasteiger partial charge in [-0.3, -0.25) is 9.69 Å². The fraction of sp³-hybridized carbons (Fsp3) is 0.500. The summed E-state index contributed by atoms with van der Waals surface area (Å²) < 4.78 is 0. The van der Waals surface area contributed by atoms with Gasteiger partial charge in [0, 0.05) is 15.8 Å². The molecule has 3 nitrogen and oxygen atoms in total. The lowest BCUT2D eigenvalue weighted by atomic mass is 9.94. The van der Waals surface area contributed by atoms with Crippen molar-refractivity contribution in [1.82, 2.24) is 10.2 Å². The Morgan fingerprint density at radius 2 is 2.05 bits per heavy atom. The van der Waals surface area contributed by atoms with Crippen LogP contribution in [0.2, 0.25) is 0 Å². The Balaban J connectivity index is 1.84. The van der Waals surface area contributed by atoms with Gasteiger partial charge in [0.05, 0.1) is 0 Å². The molecule has 0 bridgehead atoms. The van der Waals surface area contributed by atoms with Crippen LogP contribution in [-0.4, -0.2) is 22.0 Å². The lowest BCUT2D eigenvalue weighted by Crippen LogP contribution is -2.41. The second-order valence-electron chi connectivity index (χ2n) is 5.82. The Bertz CT molecular complexity index is 612. The van der Waals surface area contributed by atoms with Crippen LogP contribution in [0.4, 0.5) is 0 Å². The zero-order valence-electron chi connectivity index (χ0n) is 12.4. The topological polar surface area (TPSA) is 32.3 Å². The summed E-state index contributed by atoms with van der Waals surface area (Å²) in [4.78, 5) is 16.9. The van der Waals surface area contributed by atoms with Gasteiger partial charge in [-0.2, -0.15) is 0 Å². The summed E-state index contributed by atoms with van der Waals surface area (Å²) in [6.07, 6.45) is 7.73. The van der Waals surface area contributed by atoms with Gasteiger partial charge in [0.15, 0.2) is 5.11 Å². The van der Waals surface area contributed by atoms with Crippen molar-refractivity contribution in [2.75, 3.05) is 0 Å². The third-order valence-electron chi connectivity index (χ3n) is 4.23. The van der Waals surface area contributed by atoms with Crippen molar-refractivity contribution in [3.63, 3.8) is 0 Å². The van der Waals surface area contributed by atoms with Gasteiger partial charge in [0.25, 0.3) is 5.91 Å². The average molecular weight is 320 g/mol. The predicted molar refractivity (Wildman–Crippen MR) is 91.2 cm³/mol. The maximum absolute atomic E-state index is 12.6. The van der Waals surface area contributed by atoms with Crippen molar-refractivity contribution < 1.29 is 4.79 Å². The third kappa shape index (κ3) is 2.90. The van der Waals surface area contributed by atoms with Crippen LogP contribution in [-0.2, 0) is 4.79 Å². The van der Waals surface area contributed by atoms with E-state index in [1.165, 1.54) is 29.0 Å².